The van der Waals surface area contributed by atoms with Gasteiger partial charge in [0, 0.05) is 18.4 Å². The van der Waals surface area contributed by atoms with E-state index in [1.165, 1.54) is 0 Å². The van der Waals surface area contributed by atoms with Gasteiger partial charge in [-0.2, -0.15) is 20.5 Å². The highest BCUT2D eigenvalue weighted by molar-refractivity contribution is 5.63. The average Bonchev–Trinajstić information content (AvgIpc) is 2.49. The van der Waals surface area contributed by atoms with Crippen LogP contribution in [0.15, 0.2) is 69.0 Å². The number of benzene rings is 2. The number of nitrogens with zero attached hydrogens (tertiary/aromatic N) is 4. The Morgan fingerprint density at radius 2 is 1.29 bits per heavy atom. The van der Waals surface area contributed by atoms with E-state index in [1.807, 2.05) is 55.5 Å². The highest BCUT2D eigenvalue weighted by Crippen LogP contribution is 2.22. The average molecular weight is 283 g/mol. The van der Waals surface area contributed by atoms with Crippen molar-refractivity contribution in [3.05, 3.63) is 48.5 Å². The maximum Gasteiger partial charge on any atom is 0.0854 e. The lowest BCUT2D eigenvalue weighted by atomic mass is 10.2. The summed E-state index contributed by atoms with van der Waals surface area (Å²) < 4.78 is 0. The van der Waals surface area contributed by atoms with Gasteiger partial charge >= 0.3 is 0 Å². The van der Waals surface area contributed by atoms with Crippen LogP contribution in [-0.2, 0) is 0 Å². The first-order valence-corrected chi connectivity index (χ1v) is 6.46. The first kappa shape index (κ1) is 16.5. The number of azo groups is 2. The van der Waals surface area contributed by atoms with Crippen molar-refractivity contribution in [2.24, 2.45) is 20.5 Å². The van der Waals surface area contributed by atoms with E-state index in [4.69, 9.17) is 0 Å². The largest absolute Gasteiger partial charge is 0.356 e. The Morgan fingerprint density at radius 3 is 1.71 bits per heavy atom. The van der Waals surface area contributed by atoms with Crippen molar-refractivity contribution in [1.29, 1.82) is 0 Å². The normalized spacial score (nSPS) is 10.8. The summed E-state index contributed by atoms with van der Waals surface area (Å²) in [5.41, 5.74) is 3.71. The molecule has 1 N–H and O–H groups in total. The zero-order valence-electron chi connectivity index (χ0n) is 11.6. The summed E-state index contributed by atoms with van der Waals surface area (Å²) in [4.78, 5) is 0. The van der Waals surface area contributed by atoms with E-state index in [9.17, 15) is 0 Å². The molecule has 0 aliphatic rings. The molecule has 0 aliphatic heterocycles. The second-order valence-electron chi connectivity index (χ2n) is 4.08. The van der Waals surface area contributed by atoms with Gasteiger partial charge in [0.05, 0.1) is 17.9 Å². The molecule has 2 aromatic rings. The van der Waals surface area contributed by atoms with E-state index in [2.05, 4.69) is 25.8 Å². The predicted octanol–water partition coefficient (Wildman–Crippen LogP) is 5.88. The molecule has 0 aromatic heterocycles. The van der Waals surface area contributed by atoms with Gasteiger partial charge in [-0.3, -0.25) is 0 Å². The maximum atomic E-state index is 4.08. The van der Waals surface area contributed by atoms with Gasteiger partial charge in [0.15, 0.2) is 0 Å². The predicted molar refractivity (Wildman–Crippen MR) is 88.4 cm³/mol. The molecule has 0 fully saturated rings. The second-order valence-corrected chi connectivity index (χ2v) is 4.08. The Balaban J connectivity index is 0.00000220. The Kier molecular flexibility index (Phi) is 6.74. The summed E-state index contributed by atoms with van der Waals surface area (Å²) in [7, 11) is 1.66. The highest BCUT2D eigenvalue weighted by atomic mass is 15.1. The minimum atomic E-state index is 0. The molecule has 21 heavy (non-hydrogen) atoms. The summed E-state index contributed by atoms with van der Waals surface area (Å²) in [6, 6.07) is 15.6. The van der Waals surface area contributed by atoms with Crippen LogP contribution < -0.4 is 5.32 Å². The SMILES string of the molecule is C.CCN=Nc1ccc(Nc2ccc(N=NC)cc2)cc1. The number of anilines is 2. The fourth-order valence-corrected chi connectivity index (χ4v) is 1.66. The van der Waals surface area contributed by atoms with Crippen LogP contribution in [0.5, 0.6) is 0 Å². The molecule has 0 aliphatic carbocycles. The molecule has 110 valence electrons. The van der Waals surface area contributed by atoms with Gasteiger partial charge in [-0.1, -0.05) is 7.43 Å². The van der Waals surface area contributed by atoms with Crippen LogP contribution in [0.25, 0.3) is 0 Å². The molecule has 5 nitrogen and oxygen atoms in total. The summed E-state index contributed by atoms with van der Waals surface area (Å²) >= 11 is 0. The maximum absolute atomic E-state index is 4.08. The van der Waals surface area contributed by atoms with E-state index in [0.717, 1.165) is 22.7 Å². The molecule has 0 bridgehead atoms. The van der Waals surface area contributed by atoms with Gasteiger partial charge in [0.1, 0.15) is 0 Å². The topological polar surface area (TPSA) is 61.5 Å². The van der Waals surface area contributed by atoms with Crippen molar-refractivity contribution in [3.8, 4) is 0 Å². The molecule has 0 saturated heterocycles. The lowest BCUT2D eigenvalue weighted by molar-refractivity contribution is 1.01. The zero-order valence-corrected chi connectivity index (χ0v) is 11.6. The van der Waals surface area contributed by atoms with Crippen LogP contribution >= 0.6 is 0 Å². The van der Waals surface area contributed by atoms with Crippen molar-refractivity contribution in [3.63, 3.8) is 0 Å². The smallest absolute Gasteiger partial charge is 0.0854 e. The Bertz CT molecular complexity index is 585. The fraction of sp³-hybridized carbons (Fsp3) is 0.250. The Morgan fingerprint density at radius 1 is 0.810 bits per heavy atom. The molecule has 5 heteroatoms. The van der Waals surface area contributed by atoms with Crippen LogP contribution in [-0.4, -0.2) is 13.6 Å². The molecule has 0 spiro atoms. The molecule has 2 aromatic carbocycles. The fourth-order valence-electron chi connectivity index (χ4n) is 1.66. The number of nitrogens with one attached hydrogen (secondary N) is 1. The van der Waals surface area contributed by atoms with Crippen LogP contribution in [0, 0.1) is 0 Å². The third-order valence-electron chi connectivity index (χ3n) is 2.57. The van der Waals surface area contributed by atoms with Gasteiger partial charge in [0.25, 0.3) is 0 Å². The van der Waals surface area contributed by atoms with Gasteiger partial charge in [0.2, 0.25) is 0 Å². The molecule has 0 heterocycles. The standard InChI is InChI=1S/C15H17N5.CH4/c1-3-17-20-15-10-6-13(7-11-15)18-12-4-8-14(9-5-12)19-16-2;/h4-11,18H,3H2,1-2H3;1H4. The third-order valence-corrected chi connectivity index (χ3v) is 2.57. The van der Waals surface area contributed by atoms with E-state index in [0.29, 0.717) is 6.54 Å². The summed E-state index contributed by atoms with van der Waals surface area (Å²) in [5.74, 6) is 0. The van der Waals surface area contributed by atoms with Crippen LogP contribution in [0.3, 0.4) is 0 Å². The van der Waals surface area contributed by atoms with Crippen molar-refractivity contribution in [1.82, 2.24) is 0 Å². The van der Waals surface area contributed by atoms with Crippen molar-refractivity contribution >= 4 is 22.7 Å². The zero-order chi connectivity index (χ0) is 14.2. The van der Waals surface area contributed by atoms with Crippen LogP contribution in [0.1, 0.15) is 14.4 Å². The second kappa shape index (κ2) is 8.58. The quantitative estimate of drug-likeness (QED) is 0.684. The Hall–Kier alpha value is -2.56. The van der Waals surface area contributed by atoms with Crippen molar-refractivity contribution < 1.29 is 0 Å². The number of hydrogen-bond acceptors (Lipinski definition) is 5. The van der Waals surface area contributed by atoms with Gasteiger partial charge in [-0.25, -0.2) is 0 Å². The van der Waals surface area contributed by atoms with E-state index >= 15 is 0 Å². The molecular weight excluding hydrogens is 262 g/mol. The van der Waals surface area contributed by atoms with Crippen molar-refractivity contribution in [2.45, 2.75) is 14.4 Å². The molecule has 0 atom stereocenters. The number of rotatable bonds is 5. The Labute approximate surface area is 125 Å². The molecule has 0 amide bonds. The monoisotopic (exact) mass is 283 g/mol. The summed E-state index contributed by atoms with van der Waals surface area (Å²) in [5, 5.41) is 19.1. The molecule has 0 unspecified atom stereocenters. The molecule has 0 saturated carbocycles. The lowest BCUT2D eigenvalue weighted by Gasteiger charge is -2.06. The molecule has 0 radical (unpaired) electrons. The van der Waals surface area contributed by atoms with Crippen LogP contribution in [0.4, 0.5) is 22.7 Å². The highest BCUT2D eigenvalue weighted by Gasteiger charge is 1.96. The molecular formula is C16H21N5. The lowest BCUT2D eigenvalue weighted by Crippen LogP contribution is -1.88. The molecule has 2 rings (SSSR count). The van der Waals surface area contributed by atoms with E-state index in [-0.39, 0.29) is 7.43 Å². The van der Waals surface area contributed by atoms with Gasteiger partial charge < -0.3 is 5.32 Å². The minimum absolute atomic E-state index is 0. The minimum Gasteiger partial charge on any atom is -0.356 e. The van der Waals surface area contributed by atoms with E-state index in [1.54, 1.807) is 7.05 Å². The van der Waals surface area contributed by atoms with Gasteiger partial charge in [-0.05, 0) is 55.5 Å². The summed E-state index contributed by atoms with van der Waals surface area (Å²) in [6.07, 6.45) is 0. The summed E-state index contributed by atoms with van der Waals surface area (Å²) in [6.45, 7) is 2.66. The van der Waals surface area contributed by atoms with Crippen LogP contribution in [0.2, 0.25) is 0 Å². The van der Waals surface area contributed by atoms with E-state index < -0.39 is 0 Å². The van der Waals surface area contributed by atoms with Crippen molar-refractivity contribution in [2.75, 3.05) is 18.9 Å². The third kappa shape index (κ3) is 5.14. The first-order valence-electron chi connectivity index (χ1n) is 6.46. The number of hydrogen-bond donors (Lipinski definition) is 1. The van der Waals surface area contributed by atoms with Gasteiger partial charge in [-0.15, -0.1) is 0 Å². The first-order chi connectivity index (χ1) is 9.81.